The zero-order valence-electron chi connectivity index (χ0n) is 15.7. The van der Waals surface area contributed by atoms with E-state index in [4.69, 9.17) is 13.9 Å². The van der Waals surface area contributed by atoms with Gasteiger partial charge < -0.3 is 24.5 Å². The first kappa shape index (κ1) is 20.9. The van der Waals surface area contributed by atoms with E-state index < -0.39 is 28.9 Å². The number of carbonyl (C=O) groups excluding carboxylic acids is 1. The molecule has 3 aromatic rings. The number of rotatable bonds is 7. The van der Waals surface area contributed by atoms with Gasteiger partial charge in [0.15, 0.2) is 0 Å². The quantitative estimate of drug-likeness (QED) is 0.437. The lowest BCUT2D eigenvalue weighted by molar-refractivity contribution is 0.136. The highest BCUT2D eigenvalue weighted by atomic mass is 32.2. The van der Waals surface area contributed by atoms with Gasteiger partial charge in [0.05, 0.1) is 26.8 Å². The molecule has 2 aromatic carbocycles. The van der Waals surface area contributed by atoms with Crippen molar-refractivity contribution < 1.29 is 28.2 Å². The number of hydrogen-bond acceptors (Lipinski definition) is 7. The molecule has 1 aromatic heterocycles. The second-order valence-corrected chi connectivity index (χ2v) is 8.78. The normalized spacial score (nSPS) is 14.2. The fourth-order valence-electron chi connectivity index (χ4n) is 3.00. The molecule has 0 fully saturated rings. The molecule has 2 unspecified atom stereocenters. The second kappa shape index (κ2) is 8.68. The van der Waals surface area contributed by atoms with Crippen LogP contribution in [0.1, 0.15) is 11.1 Å². The van der Waals surface area contributed by atoms with Gasteiger partial charge in [-0.2, -0.15) is 0 Å². The molecule has 0 saturated carbocycles. The molecule has 8 nitrogen and oxygen atoms in total. The lowest BCUT2D eigenvalue weighted by Crippen LogP contribution is -2.48. The standard InChI is InChI=1S/C19H21BN2O6S/c1-29(21,26)17-9-5-2-6-13(17)11-28-19(23)22-18(20(24)25)10-14-12-27-16-8-4-3-7-15(14)16/h2-9,12,18,21,24-25H,10-11H2,1H3,(H,22,23). The van der Waals surface area contributed by atoms with E-state index in [0.717, 1.165) is 5.39 Å². The van der Waals surface area contributed by atoms with Gasteiger partial charge in [0.25, 0.3) is 0 Å². The van der Waals surface area contributed by atoms with Crippen LogP contribution in [0, 0.1) is 4.78 Å². The number of amides is 1. The summed E-state index contributed by atoms with van der Waals surface area (Å²) in [5, 5.41) is 22.6. The summed E-state index contributed by atoms with van der Waals surface area (Å²) < 4.78 is 30.4. The van der Waals surface area contributed by atoms with Gasteiger partial charge in [-0.1, -0.05) is 36.4 Å². The van der Waals surface area contributed by atoms with Crippen molar-refractivity contribution in [2.45, 2.75) is 23.9 Å². The zero-order valence-corrected chi connectivity index (χ0v) is 16.5. The summed E-state index contributed by atoms with van der Waals surface area (Å²) in [6.07, 6.45) is 2.06. The van der Waals surface area contributed by atoms with Crippen LogP contribution < -0.4 is 5.32 Å². The predicted octanol–water partition coefficient (Wildman–Crippen LogP) is 2.32. The van der Waals surface area contributed by atoms with Crippen LogP contribution >= 0.6 is 0 Å². The summed E-state index contributed by atoms with van der Waals surface area (Å²) in [5.74, 6) is -1.02. The minimum Gasteiger partial charge on any atom is -0.464 e. The van der Waals surface area contributed by atoms with Crippen LogP contribution in [-0.4, -0.2) is 39.7 Å². The molecule has 0 bridgehead atoms. The molecule has 1 amide bonds. The molecule has 29 heavy (non-hydrogen) atoms. The van der Waals surface area contributed by atoms with E-state index in [1.807, 2.05) is 18.2 Å². The van der Waals surface area contributed by atoms with Gasteiger partial charge >= 0.3 is 13.2 Å². The molecule has 4 N–H and O–H groups in total. The van der Waals surface area contributed by atoms with E-state index >= 15 is 0 Å². The first-order chi connectivity index (χ1) is 13.8. The van der Waals surface area contributed by atoms with Crippen molar-refractivity contribution in [1.82, 2.24) is 5.32 Å². The van der Waals surface area contributed by atoms with E-state index in [0.29, 0.717) is 16.7 Å². The van der Waals surface area contributed by atoms with Crippen LogP contribution in [0.25, 0.3) is 11.0 Å². The smallest absolute Gasteiger partial charge is 0.464 e. The summed E-state index contributed by atoms with van der Waals surface area (Å²) >= 11 is 0. The maximum atomic E-state index is 12.2. The average molecular weight is 416 g/mol. The van der Waals surface area contributed by atoms with Crippen molar-refractivity contribution in [2.75, 3.05) is 6.26 Å². The Kier molecular flexibility index (Phi) is 6.26. The molecule has 0 radical (unpaired) electrons. The Bertz CT molecular complexity index is 1110. The Balaban J connectivity index is 1.67. The highest BCUT2D eigenvalue weighted by Gasteiger charge is 2.27. The summed E-state index contributed by atoms with van der Waals surface area (Å²) in [5.41, 5.74) is 1.82. The third kappa shape index (κ3) is 5.17. The summed E-state index contributed by atoms with van der Waals surface area (Å²) in [4.78, 5) is 12.5. The molecule has 0 saturated heterocycles. The van der Waals surface area contributed by atoms with Crippen molar-refractivity contribution in [1.29, 1.82) is 4.78 Å². The van der Waals surface area contributed by atoms with Crippen LogP contribution in [0.5, 0.6) is 0 Å². The molecular formula is C19H21BN2O6S. The SMILES string of the molecule is CS(=N)(=O)c1ccccc1COC(=O)NC(Cc1coc2ccccc12)B(O)O. The number of fused-ring (bicyclic) bond motifs is 1. The number of furan rings is 1. The summed E-state index contributed by atoms with van der Waals surface area (Å²) in [6, 6.07) is 13.8. The molecular weight excluding hydrogens is 395 g/mol. The number of ether oxygens (including phenoxy) is 1. The van der Waals surface area contributed by atoms with Crippen molar-refractivity contribution in [3.63, 3.8) is 0 Å². The Hall–Kier alpha value is -2.82. The van der Waals surface area contributed by atoms with E-state index in [-0.39, 0.29) is 17.9 Å². The maximum absolute atomic E-state index is 12.2. The van der Waals surface area contributed by atoms with Gasteiger partial charge in [-0.15, -0.1) is 0 Å². The Labute approximate surface area is 168 Å². The first-order valence-electron chi connectivity index (χ1n) is 8.82. The molecule has 10 heteroatoms. The molecule has 0 aliphatic rings. The minimum atomic E-state index is -2.98. The molecule has 2 atom stereocenters. The largest absolute Gasteiger partial charge is 0.475 e. The molecule has 0 aliphatic carbocycles. The molecule has 3 rings (SSSR count). The second-order valence-electron chi connectivity index (χ2n) is 6.65. The molecule has 0 aliphatic heterocycles. The summed E-state index contributed by atoms with van der Waals surface area (Å²) in [6.45, 7) is -0.200. The van der Waals surface area contributed by atoms with E-state index in [1.165, 1.54) is 12.5 Å². The van der Waals surface area contributed by atoms with Crippen LogP contribution in [0.15, 0.2) is 64.1 Å². The average Bonchev–Trinajstić information content (AvgIpc) is 3.08. The van der Waals surface area contributed by atoms with E-state index in [1.54, 1.807) is 30.3 Å². The molecule has 152 valence electrons. The van der Waals surface area contributed by atoms with Gasteiger partial charge in [-0.05, 0) is 24.1 Å². The third-order valence-corrected chi connectivity index (χ3v) is 5.65. The monoisotopic (exact) mass is 416 g/mol. The third-order valence-electron chi connectivity index (χ3n) is 4.42. The Morgan fingerprint density at radius 1 is 1.21 bits per heavy atom. The number of nitrogens with one attached hydrogen (secondary N) is 2. The minimum absolute atomic E-state index is 0.121. The fraction of sp³-hybridized carbons (Fsp3) is 0.211. The van der Waals surface area contributed by atoms with Crippen molar-refractivity contribution in [3.8, 4) is 0 Å². The Morgan fingerprint density at radius 2 is 1.90 bits per heavy atom. The van der Waals surface area contributed by atoms with Gasteiger partial charge in [0.1, 0.15) is 12.2 Å². The van der Waals surface area contributed by atoms with Gasteiger partial charge in [0, 0.05) is 17.2 Å². The number of carbonyl (C=O) groups is 1. The highest BCUT2D eigenvalue weighted by Crippen LogP contribution is 2.22. The Morgan fingerprint density at radius 3 is 2.62 bits per heavy atom. The van der Waals surface area contributed by atoms with Crippen LogP contribution in [-0.2, 0) is 27.5 Å². The van der Waals surface area contributed by atoms with Crippen molar-refractivity contribution in [3.05, 3.63) is 65.9 Å². The molecule has 1 heterocycles. The zero-order chi connectivity index (χ0) is 21.0. The van der Waals surface area contributed by atoms with E-state index in [2.05, 4.69) is 5.32 Å². The van der Waals surface area contributed by atoms with Gasteiger partial charge in [0.2, 0.25) is 0 Å². The maximum Gasteiger partial charge on any atom is 0.475 e. The first-order valence-corrected chi connectivity index (χ1v) is 10.8. The summed E-state index contributed by atoms with van der Waals surface area (Å²) in [7, 11) is -4.79. The number of alkyl carbamates (subject to hydrolysis) is 1. The van der Waals surface area contributed by atoms with Gasteiger partial charge in [-0.25, -0.2) is 13.8 Å². The van der Waals surface area contributed by atoms with Crippen molar-refractivity contribution >= 4 is 33.9 Å². The van der Waals surface area contributed by atoms with Gasteiger partial charge in [-0.3, -0.25) is 0 Å². The predicted molar refractivity (Wildman–Crippen MR) is 109 cm³/mol. The number of benzene rings is 2. The van der Waals surface area contributed by atoms with Crippen LogP contribution in [0.3, 0.4) is 0 Å². The topological polar surface area (TPSA) is 133 Å². The fourth-order valence-corrected chi connectivity index (χ4v) is 3.96. The number of hydrogen-bond donors (Lipinski definition) is 4. The van der Waals surface area contributed by atoms with Crippen molar-refractivity contribution in [2.24, 2.45) is 0 Å². The lowest BCUT2D eigenvalue weighted by atomic mass is 9.76. The van der Waals surface area contributed by atoms with E-state index in [9.17, 15) is 19.1 Å². The van der Waals surface area contributed by atoms with Crippen LogP contribution in [0.2, 0.25) is 0 Å². The lowest BCUT2D eigenvalue weighted by Gasteiger charge is -2.17. The van der Waals surface area contributed by atoms with Crippen LogP contribution in [0.4, 0.5) is 4.79 Å². The highest BCUT2D eigenvalue weighted by molar-refractivity contribution is 7.91. The number of para-hydroxylation sites is 1. The molecule has 0 spiro atoms.